The normalized spacial score (nSPS) is 14.3. The first-order valence-corrected chi connectivity index (χ1v) is 10.4. The van der Waals surface area contributed by atoms with Gasteiger partial charge in [0.25, 0.3) is 0 Å². The molecule has 1 heterocycles. The fourth-order valence-electron chi connectivity index (χ4n) is 3.77. The molecule has 31 heavy (non-hydrogen) atoms. The summed E-state index contributed by atoms with van der Waals surface area (Å²) in [5.41, 5.74) is 2.09. The minimum absolute atomic E-state index is 0.000502. The molecule has 2 amide bonds. The monoisotopic (exact) mass is 428 g/mol. The number of amides is 2. The maximum Gasteiger partial charge on any atom is 0.227 e. The van der Waals surface area contributed by atoms with Crippen molar-refractivity contribution in [3.8, 4) is 11.5 Å². The second-order valence-corrected chi connectivity index (χ2v) is 7.81. The van der Waals surface area contributed by atoms with Crippen LogP contribution in [0.15, 0.2) is 36.4 Å². The van der Waals surface area contributed by atoms with Gasteiger partial charge in [0, 0.05) is 31.1 Å². The highest BCUT2D eigenvalue weighted by Crippen LogP contribution is 2.26. The van der Waals surface area contributed by atoms with Gasteiger partial charge in [0.1, 0.15) is 17.3 Å². The molecule has 0 saturated carbocycles. The van der Waals surface area contributed by atoms with Crippen LogP contribution in [0.2, 0.25) is 0 Å². The molecule has 2 aromatic rings. The zero-order valence-corrected chi connectivity index (χ0v) is 18.2. The molecule has 0 radical (unpaired) electrons. The van der Waals surface area contributed by atoms with Crippen LogP contribution >= 0.6 is 0 Å². The molecule has 1 N–H and O–H groups in total. The minimum Gasteiger partial charge on any atom is -0.497 e. The number of nitrogens with one attached hydrogen (secondary N) is 1. The van der Waals surface area contributed by atoms with Crippen LogP contribution in [-0.4, -0.2) is 44.0 Å². The number of piperidine rings is 1. The van der Waals surface area contributed by atoms with Crippen molar-refractivity contribution in [2.45, 2.75) is 32.7 Å². The highest BCUT2D eigenvalue weighted by atomic mass is 19.1. The Morgan fingerprint density at radius 2 is 1.84 bits per heavy atom. The lowest BCUT2D eigenvalue weighted by Gasteiger charge is -2.31. The van der Waals surface area contributed by atoms with Crippen molar-refractivity contribution in [1.82, 2.24) is 10.2 Å². The van der Waals surface area contributed by atoms with E-state index in [1.165, 1.54) is 6.07 Å². The van der Waals surface area contributed by atoms with Gasteiger partial charge in [-0.05, 0) is 55.2 Å². The van der Waals surface area contributed by atoms with E-state index < -0.39 is 0 Å². The van der Waals surface area contributed by atoms with E-state index in [1.54, 1.807) is 44.2 Å². The molecule has 166 valence electrons. The van der Waals surface area contributed by atoms with Gasteiger partial charge in [0.15, 0.2) is 0 Å². The van der Waals surface area contributed by atoms with Crippen LogP contribution in [0.4, 0.5) is 4.39 Å². The van der Waals surface area contributed by atoms with E-state index in [2.05, 4.69) is 5.32 Å². The lowest BCUT2D eigenvalue weighted by atomic mass is 9.95. The molecular weight excluding hydrogens is 399 g/mol. The van der Waals surface area contributed by atoms with Crippen molar-refractivity contribution in [3.63, 3.8) is 0 Å². The molecule has 6 nitrogen and oxygen atoms in total. The summed E-state index contributed by atoms with van der Waals surface area (Å²) in [6.45, 7) is 3.06. The first kappa shape index (κ1) is 22.6. The van der Waals surface area contributed by atoms with Crippen LogP contribution < -0.4 is 14.8 Å². The molecule has 1 aliphatic rings. The summed E-state index contributed by atoms with van der Waals surface area (Å²) in [5, 5.41) is 2.89. The van der Waals surface area contributed by atoms with Crippen molar-refractivity contribution >= 4 is 11.8 Å². The smallest absolute Gasteiger partial charge is 0.227 e. The van der Waals surface area contributed by atoms with E-state index >= 15 is 0 Å². The number of carbonyl (C=O) groups excluding carboxylic acids is 2. The van der Waals surface area contributed by atoms with E-state index in [-0.39, 0.29) is 30.0 Å². The number of ether oxygens (including phenoxy) is 2. The van der Waals surface area contributed by atoms with Gasteiger partial charge in [-0.25, -0.2) is 4.39 Å². The molecule has 1 fully saturated rings. The van der Waals surface area contributed by atoms with Crippen molar-refractivity contribution in [2.75, 3.05) is 27.3 Å². The topological polar surface area (TPSA) is 67.9 Å². The SMILES string of the molecule is COc1ccc(OC)c(CC(=O)N2CCC(C(=O)NCc3ccc(C)c(F)c3)CC2)c1. The molecule has 7 heteroatoms. The fraction of sp³-hybridized carbons (Fsp3) is 0.417. The lowest BCUT2D eigenvalue weighted by molar-refractivity contribution is -0.135. The molecule has 1 saturated heterocycles. The molecule has 0 aromatic heterocycles. The summed E-state index contributed by atoms with van der Waals surface area (Å²) in [6, 6.07) is 10.4. The number of hydrogen-bond acceptors (Lipinski definition) is 4. The Morgan fingerprint density at radius 3 is 2.48 bits per heavy atom. The maximum absolute atomic E-state index is 13.7. The van der Waals surface area contributed by atoms with Gasteiger partial charge in [0.05, 0.1) is 20.6 Å². The van der Waals surface area contributed by atoms with Crippen molar-refractivity contribution in [3.05, 3.63) is 58.9 Å². The number of aryl methyl sites for hydroxylation is 1. The van der Waals surface area contributed by atoms with E-state index in [0.29, 0.717) is 49.5 Å². The highest BCUT2D eigenvalue weighted by molar-refractivity contribution is 5.81. The molecule has 0 bridgehead atoms. The fourth-order valence-corrected chi connectivity index (χ4v) is 3.77. The predicted octanol–water partition coefficient (Wildman–Crippen LogP) is 3.25. The predicted molar refractivity (Wildman–Crippen MR) is 116 cm³/mol. The summed E-state index contributed by atoms with van der Waals surface area (Å²) in [6.07, 6.45) is 1.43. The lowest BCUT2D eigenvalue weighted by Crippen LogP contribution is -2.43. The molecule has 0 unspecified atom stereocenters. The number of methoxy groups -OCH3 is 2. The molecule has 1 aliphatic heterocycles. The van der Waals surface area contributed by atoms with E-state index in [4.69, 9.17) is 9.47 Å². The number of rotatable bonds is 7. The van der Waals surface area contributed by atoms with Gasteiger partial charge >= 0.3 is 0 Å². The standard InChI is InChI=1S/C24H29FN2O4/c1-16-4-5-17(12-21(16)25)15-26-24(29)18-8-10-27(11-9-18)23(28)14-19-13-20(30-2)6-7-22(19)31-3/h4-7,12-13,18H,8-11,14-15H2,1-3H3,(H,26,29). The van der Waals surface area contributed by atoms with Crippen LogP contribution in [-0.2, 0) is 22.6 Å². The van der Waals surface area contributed by atoms with Crippen molar-refractivity contribution in [1.29, 1.82) is 0 Å². The van der Waals surface area contributed by atoms with Gasteiger partial charge in [0.2, 0.25) is 11.8 Å². The highest BCUT2D eigenvalue weighted by Gasteiger charge is 2.27. The molecule has 0 atom stereocenters. The first-order chi connectivity index (χ1) is 14.9. The van der Waals surface area contributed by atoms with Crippen LogP contribution in [0.5, 0.6) is 11.5 Å². The number of nitrogens with zero attached hydrogens (tertiary/aromatic N) is 1. The van der Waals surface area contributed by atoms with Crippen LogP contribution in [0, 0.1) is 18.7 Å². The Hall–Kier alpha value is -3.09. The molecule has 2 aromatic carbocycles. The van der Waals surface area contributed by atoms with E-state index in [1.807, 2.05) is 12.1 Å². The third-order valence-corrected chi connectivity index (χ3v) is 5.75. The van der Waals surface area contributed by atoms with Crippen LogP contribution in [0.1, 0.15) is 29.5 Å². The Balaban J connectivity index is 1.50. The maximum atomic E-state index is 13.7. The molecule has 0 aliphatic carbocycles. The Morgan fingerprint density at radius 1 is 1.10 bits per heavy atom. The Bertz CT molecular complexity index is 939. The first-order valence-electron chi connectivity index (χ1n) is 10.4. The van der Waals surface area contributed by atoms with Crippen molar-refractivity contribution < 1.29 is 23.5 Å². The summed E-state index contributed by atoms with van der Waals surface area (Å²) in [4.78, 5) is 27.1. The molecule has 3 rings (SSSR count). The summed E-state index contributed by atoms with van der Waals surface area (Å²) < 4.78 is 24.3. The van der Waals surface area contributed by atoms with E-state index in [9.17, 15) is 14.0 Å². The quantitative estimate of drug-likeness (QED) is 0.735. The zero-order valence-electron chi connectivity index (χ0n) is 18.2. The summed E-state index contributed by atoms with van der Waals surface area (Å²) in [5.74, 6) is 0.850. The Labute approximate surface area is 182 Å². The summed E-state index contributed by atoms with van der Waals surface area (Å²) in [7, 11) is 3.16. The van der Waals surface area contributed by atoms with Crippen LogP contribution in [0.25, 0.3) is 0 Å². The number of carbonyl (C=O) groups is 2. The third-order valence-electron chi connectivity index (χ3n) is 5.75. The van der Waals surface area contributed by atoms with Gasteiger partial charge < -0.3 is 19.7 Å². The Kier molecular flexibility index (Phi) is 7.50. The average molecular weight is 429 g/mol. The van der Waals surface area contributed by atoms with Gasteiger partial charge in [-0.3, -0.25) is 9.59 Å². The number of hydrogen-bond donors (Lipinski definition) is 1. The number of likely N-dealkylation sites (tertiary alicyclic amines) is 1. The van der Waals surface area contributed by atoms with Crippen molar-refractivity contribution in [2.24, 2.45) is 5.92 Å². The van der Waals surface area contributed by atoms with Gasteiger partial charge in [-0.2, -0.15) is 0 Å². The third kappa shape index (κ3) is 5.75. The number of halogens is 1. The van der Waals surface area contributed by atoms with Gasteiger partial charge in [-0.1, -0.05) is 12.1 Å². The summed E-state index contributed by atoms with van der Waals surface area (Å²) >= 11 is 0. The second-order valence-electron chi connectivity index (χ2n) is 7.81. The largest absolute Gasteiger partial charge is 0.497 e. The molecule has 0 spiro atoms. The second kappa shape index (κ2) is 10.3. The zero-order chi connectivity index (χ0) is 22.4. The average Bonchev–Trinajstić information content (AvgIpc) is 2.79. The minimum atomic E-state index is -0.272. The van der Waals surface area contributed by atoms with E-state index in [0.717, 1.165) is 11.1 Å². The van der Waals surface area contributed by atoms with Gasteiger partial charge in [-0.15, -0.1) is 0 Å². The van der Waals surface area contributed by atoms with Crippen LogP contribution in [0.3, 0.4) is 0 Å². The molecular formula is C24H29FN2O4. The number of benzene rings is 2.